The van der Waals surface area contributed by atoms with Crippen LogP contribution < -0.4 is 21.3 Å². The van der Waals surface area contributed by atoms with Crippen LogP contribution in [0.25, 0.3) is 0 Å². The van der Waals surface area contributed by atoms with Crippen molar-refractivity contribution in [3.8, 4) is 0 Å². The van der Waals surface area contributed by atoms with Gasteiger partial charge in [0, 0.05) is 20.2 Å². The van der Waals surface area contributed by atoms with Gasteiger partial charge >= 0.3 is 6.03 Å². The van der Waals surface area contributed by atoms with E-state index >= 15 is 0 Å². The molecule has 262 valence electrons. The Morgan fingerprint density at radius 3 is 2.25 bits per heavy atom. The van der Waals surface area contributed by atoms with E-state index in [4.69, 9.17) is 4.74 Å². The smallest absolute Gasteiger partial charge is 0.315 e. The van der Waals surface area contributed by atoms with Gasteiger partial charge in [0.1, 0.15) is 12.1 Å². The second-order valence-electron chi connectivity index (χ2n) is 15.9. The topological polar surface area (TPSA) is 146 Å². The molecule has 3 fully saturated rings. The summed E-state index contributed by atoms with van der Waals surface area (Å²) in [7, 11) is 1.59. The highest BCUT2D eigenvalue weighted by Crippen LogP contribution is 2.65. The van der Waals surface area contributed by atoms with Gasteiger partial charge in [-0.1, -0.05) is 77.8 Å². The van der Waals surface area contributed by atoms with Gasteiger partial charge in [-0.3, -0.25) is 19.2 Å². The highest BCUT2D eigenvalue weighted by Gasteiger charge is 2.70. The zero-order chi connectivity index (χ0) is 35.0. The summed E-state index contributed by atoms with van der Waals surface area (Å²) in [5, 5.41) is 11.5. The lowest BCUT2D eigenvalue weighted by Crippen LogP contribution is -2.61. The van der Waals surface area contributed by atoms with Crippen molar-refractivity contribution in [3.63, 3.8) is 0 Å². The molecule has 1 aliphatic heterocycles. The predicted molar refractivity (Wildman–Crippen MR) is 182 cm³/mol. The molecular weight excluding hydrogens is 610 g/mol. The van der Waals surface area contributed by atoms with E-state index < -0.39 is 41.8 Å². The molecule has 11 nitrogen and oxygen atoms in total. The number of likely N-dealkylation sites (tertiary alicyclic amines) is 1. The molecule has 1 aromatic rings. The van der Waals surface area contributed by atoms with E-state index in [-0.39, 0.29) is 53.0 Å². The molecule has 4 N–H and O–H groups in total. The summed E-state index contributed by atoms with van der Waals surface area (Å²) in [4.78, 5) is 69.9. The number of fused-ring (bicyclic) bond motifs is 2. The van der Waals surface area contributed by atoms with E-state index in [9.17, 15) is 24.0 Å². The lowest BCUT2D eigenvalue weighted by molar-refractivity contribution is -0.144. The van der Waals surface area contributed by atoms with E-state index in [1.54, 1.807) is 12.0 Å². The van der Waals surface area contributed by atoms with Crippen molar-refractivity contribution in [2.24, 2.45) is 34.5 Å². The molecule has 0 spiro atoms. The summed E-state index contributed by atoms with van der Waals surface area (Å²) in [5.74, 6) is -2.12. The number of urea groups is 1. The average molecular weight is 664 g/mol. The monoisotopic (exact) mass is 663 g/mol. The molecule has 0 radical (unpaired) electrons. The Morgan fingerprint density at radius 1 is 1.04 bits per heavy atom. The van der Waals surface area contributed by atoms with Gasteiger partial charge in [0.15, 0.2) is 0 Å². The lowest BCUT2D eigenvalue weighted by Gasteiger charge is -2.36. The third kappa shape index (κ3) is 7.61. The van der Waals surface area contributed by atoms with Crippen LogP contribution in [0.5, 0.6) is 0 Å². The first kappa shape index (κ1) is 35.6. The molecule has 1 saturated heterocycles. The number of nitrogens with zero attached hydrogens (tertiary/aromatic N) is 1. The van der Waals surface area contributed by atoms with Crippen molar-refractivity contribution < 1.29 is 28.7 Å². The second-order valence-corrected chi connectivity index (χ2v) is 15.9. The number of methoxy groups -OCH3 is 1. The number of ether oxygens (including phenoxy) is 1. The fraction of sp³-hybridized carbons (Fsp3) is 0.649. The average Bonchev–Trinajstić information content (AvgIpc) is 3.79. The maximum atomic E-state index is 14.7. The molecule has 0 aromatic heterocycles. The fourth-order valence-electron chi connectivity index (χ4n) is 7.80. The molecule has 4 aliphatic rings. The van der Waals surface area contributed by atoms with E-state index in [0.29, 0.717) is 32.4 Å². The number of Topliss-reactive ketones (excluding diaryl/α,β-unsaturated/α-hetero) is 1. The van der Waals surface area contributed by atoms with Gasteiger partial charge in [-0.15, -0.1) is 6.58 Å². The third-order valence-electron chi connectivity index (χ3n) is 11.1. The minimum atomic E-state index is -0.980. The van der Waals surface area contributed by atoms with E-state index in [1.165, 1.54) is 6.08 Å². The van der Waals surface area contributed by atoms with Crippen LogP contribution in [0.1, 0.15) is 65.0 Å². The normalized spacial score (nSPS) is 24.4. The lowest BCUT2D eigenvalue weighted by atomic mass is 9.87. The van der Waals surface area contributed by atoms with Gasteiger partial charge < -0.3 is 30.9 Å². The van der Waals surface area contributed by atoms with Crippen LogP contribution in [0, 0.1) is 34.5 Å². The van der Waals surface area contributed by atoms with Crippen molar-refractivity contribution in [3.05, 3.63) is 48.0 Å². The summed E-state index contributed by atoms with van der Waals surface area (Å²) in [6, 6.07) is 4.60. The number of ketones is 1. The molecule has 48 heavy (non-hydrogen) atoms. The molecular formula is C37H53N5O6. The Morgan fingerprint density at radius 2 is 1.69 bits per heavy atom. The first-order chi connectivity index (χ1) is 22.7. The third-order valence-corrected chi connectivity index (χ3v) is 11.1. The SMILES string of the molecule is C=CCNC(=O)C(=O)C(CC1CC1)NC(=O)[C@@H]1[C@@H]2[C@H](CN1C(=O)[C@@H](NC(=O)N[C@H](COC)C(C)(C)C)C1Cc3ccccc3C1)C2(C)C. The Kier molecular flexibility index (Phi) is 10.4. The molecule has 11 heteroatoms. The maximum Gasteiger partial charge on any atom is 0.315 e. The molecule has 2 saturated carbocycles. The minimum absolute atomic E-state index is 0.102. The molecule has 3 aliphatic carbocycles. The van der Waals surface area contributed by atoms with Gasteiger partial charge in [0.05, 0.1) is 18.7 Å². The summed E-state index contributed by atoms with van der Waals surface area (Å²) in [6.45, 7) is 14.6. The van der Waals surface area contributed by atoms with Crippen LogP contribution in [-0.2, 0) is 36.8 Å². The number of piperidine rings is 1. The van der Waals surface area contributed by atoms with Crippen molar-refractivity contribution in [1.82, 2.24) is 26.2 Å². The number of rotatable bonds is 14. The van der Waals surface area contributed by atoms with Crippen LogP contribution in [0.2, 0.25) is 0 Å². The van der Waals surface area contributed by atoms with Crippen LogP contribution in [-0.4, -0.2) is 85.4 Å². The zero-order valence-electron chi connectivity index (χ0n) is 29.3. The Labute approximate surface area is 284 Å². The summed E-state index contributed by atoms with van der Waals surface area (Å²) in [6.07, 6.45) is 5.00. The second kappa shape index (κ2) is 14.0. The van der Waals surface area contributed by atoms with Crippen LogP contribution in [0.15, 0.2) is 36.9 Å². The highest BCUT2D eigenvalue weighted by atomic mass is 16.5. The molecule has 1 unspecified atom stereocenters. The number of carbonyl (C=O) groups excluding carboxylic acids is 5. The molecule has 5 amide bonds. The van der Waals surface area contributed by atoms with Crippen molar-refractivity contribution in [1.29, 1.82) is 0 Å². The number of benzene rings is 1. The maximum absolute atomic E-state index is 14.7. The molecule has 5 rings (SSSR count). The molecule has 6 atom stereocenters. The Balaban J connectivity index is 1.39. The minimum Gasteiger partial charge on any atom is -0.383 e. The molecule has 0 bridgehead atoms. The Hall–Kier alpha value is -3.73. The van der Waals surface area contributed by atoms with Crippen LogP contribution >= 0.6 is 0 Å². The molecule has 1 aromatic carbocycles. The highest BCUT2D eigenvalue weighted by molar-refractivity contribution is 6.38. The number of hydrogen-bond donors (Lipinski definition) is 4. The standard InChI is InChI=1S/C37H53N5O6/c1-8-15-38-33(45)31(43)26(16-21-13-14-21)39-32(44)30-28-25(37(28,5)6)19-42(30)34(46)29(24-17-22-11-9-10-12-23(22)18-24)41-35(47)40-27(20-48-7)36(2,3)4/h8-12,21,24-30H,1,13-20H2,2-7H3,(H,38,45)(H,39,44)(H2,40,41,47)/t25-,26?,27+,28-,29-,30-/m0/s1. The van der Waals surface area contributed by atoms with Gasteiger partial charge in [-0.2, -0.15) is 0 Å². The summed E-state index contributed by atoms with van der Waals surface area (Å²) in [5.41, 5.74) is 1.83. The van der Waals surface area contributed by atoms with E-state index in [2.05, 4.69) is 53.8 Å². The van der Waals surface area contributed by atoms with Gasteiger partial charge in [0.2, 0.25) is 17.6 Å². The summed E-state index contributed by atoms with van der Waals surface area (Å²) >= 11 is 0. The first-order valence-corrected chi connectivity index (χ1v) is 17.3. The molecule has 1 heterocycles. The van der Waals surface area contributed by atoms with Gasteiger partial charge in [-0.25, -0.2) is 4.79 Å². The number of nitrogens with one attached hydrogen (secondary N) is 4. The van der Waals surface area contributed by atoms with E-state index in [0.717, 1.165) is 24.0 Å². The number of amides is 5. The van der Waals surface area contributed by atoms with Crippen molar-refractivity contribution in [2.75, 3.05) is 26.8 Å². The van der Waals surface area contributed by atoms with Gasteiger partial charge in [0.25, 0.3) is 5.91 Å². The predicted octanol–water partition coefficient (Wildman–Crippen LogP) is 2.77. The number of hydrogen-bond acceptors (Lipinski definition) is 6. The van der Waals surface area contributed by atoms with Crippen molar-refractivity contribution >= 4 is 29.5 Å². The fourth-order valence-corrected chi connectivity index (χ4v) is 7.80. The van der Waals surface area contributed by atoms with Gasteiger partial charge in [-0.05, 0) is 64.9 Å². The number of carbonyl (C=O) groups is 5. The van der Waals surface area contributed by atoms with Crippen LogP contribution in [0.4, 0.5) is 4.79 Å². The largest absolute Gasteiger partial charge is 0.383 e. The zero-order valence-corrected chi connectivity index (χ0v) is 29.3. The summed E-state index contributed by atoms with van der Waals surface area (Å²) < 4.78 is 5.38. The first-order valence-electron chi connectivity index (χ1n) is 17.3. The van der Waals surface area contributed by atoms with E-state index in [1.807, 2.05) is 32.9 Å². The van der Waals surface area contributed by atoms with Crippen molar-refractivity contribution in [2.45, 2.75) is 90.9 Å². The quantitative estimate of drug-likeness (QED) is 0.178. The van der Waals surface area contributed by atoms with Crippen LogP contribution in [0.3, 0.4) is 0 Å². The Bertz CT molecular complexity index is 1410.